The summed E-state index contributed by atoms with van der Waals surface area (Å²) in [6.45, 7) is 0. The van der Waals surface area contributed by atoms with Gasteiger partial charge in [0.15, 0.2) is 0 Å². The van der Waals surface area contributed by atoms with Crippen molar-refractivity contribution in [3.8, 4) is 0 Å². The summed E-state index contributed by atoms with van der Waals surface area (Å²) >= 11 is 0. The number of rotatable bonds is 4. The summed E-state index contributed by atoms with van der Waals surface area (Å²) in [5.41, 5.74) is 1.22. The molecule has 1 aliphatic rings. The van der Waals surface area contributed by atoms with Crippen molar-refractivity contribution in [2.45, 2.75) is 38.1 Å². The summed E-state index contributed by atoms with van der Waals surface area (Å²) in [5, 5.41) is 5.80. The van der Waals surface area contributed by atoms with Crippen LogP contribution in [0.5, 0.6) is 0 Å². The van der Waals surface area contributed by atoms with Gasteiger partial charge in [-0.05, 0) is 49.2 Å². The molecule has 0 unspecified atom stereocenters. The fourth-order valence-electron chi connectivity index (χ4n) is 3.10. The minimum absolute atomic E-state index is 0.179. The molecule has 0 heterocycles. The van der Waals surface area contributed by atoms with Crippen molar-refractivity contribution < 1.29 is 14.0 Å². The van der Waals surface area contributed by atoms with Gasteiger partial charge in [-0.15, -0.1) is 0 Å². The van der Waals surface area contributed by atoms with Gasteiger partial charge >= 0.3 is 0 Å². The number of benzene rings is 2. The largest absolute Gasteiger partial charge is 0.349 e. The lowest BCUT2D eigenvalue weighted by Gasteiger charge is -2.23. The van der Waals surface area contributed by atoms with Crippen LogP contribution >= 0.6 is 0 Å². The summed E-state index contributed by atoms with van der Waals surface area (Å²) in [7, 11) is 0. The van der Waals surface area contributed by atoms with Gasteiger partial charge in [0, 0.05) is 11.6 Å². The first-order chi connectivity index (χ1) is 12.1. The maximum absolute atomic E-state index is 13.0. The predicted octanol–water partition coefficient (Wildman–Crippen LogP) is 4.14. The number of nitrogens with one attached hydrogen (secondary N) is 2. The third kappa shape index (κ3) is 4.44. The quantitative estimate of drug-likeness (QED) is 0.879. The van der Waals surface area contributed by atoms with E-state index in [0.29, 0.717) is 16.8 Å². The van der Waals surface area contributed by atoms with Crippen LogP contribution in [0.4, 0.5) is 10.1 Å². The summed E-state index contributed by atoms with van der Waals surface area (Å²) in [6.07, 6.45) is 5.48. The van der Waals surface area contributed by atoms with Gasteiger partial charge in [0.2, 0.25) is 0 Å². The summed E-state index contributed by atoms with van der Waals surface area (Å²) in [4.78, 5) is 24.9. The Balaban J connectivity index is 1.72. The zero-order valence-electron chi connectivity index (χ0n) is 13.9. The van der Waals surface area contributed by atoms with Crippen molar-refractivity contribution >= 4 is 17.5 Å². The first kappa shape index (κ1) is 17.1. The zero-order valence-corrected chi connectivity index (χ0v) is 13.9. The van der Waals surface area contributed by atoms with Crippen LogP contribution in [-0.2, 0) is 0 Å². The van der Waals surface area contributed by atoms with Crippen LogP contribution in [0.25, 0.3) is 0 Å². The first-order valence-corrected chi connectivity index (χ1v) is 8.60. The SMILES string of the molecule is O=C(Nc1ccccc1C(=O)NC1CCCCC1)c1ccc(F)cc1. The standard InChI is InChI=1S/C20H21FN2O2/c21-15-12-10-14(11-13-15)19(24)23-18-9-5-4-8-17(18)20(25)22-16-6-2-1-3-7-16/h4-5,8-13,16H,1-3,6-7H2,(H,22,25)(H,23,24). The fraction of sp³-hybridized carbons (Fsp3) is 0.300. The molecule has 1 saturated carbocycles. The molecule has 2 aromatic rings. The highest BCUT2D eigenvalue weighted by Crippen LogP contribution is 2.20. The van der Waals surface area contributed by atoms with Gasteiger partial charge < -0.3 is 10.6 Å². The highest BCUT2D eigenvalue weighted by molar-refractivity contribution is 6.09. The van der Waals surface area contributed by atoms with Gasteiger partial charge in [-0.3, -0.25) is 9.59 Å². The van der Waals surface area contributed by atoms with Crippen LogP contribution in [0, 0.1) is 5.82 Å². The van der Waals surface area contributed by atoms with Crippen molar-refractivity contribution in [1.29, 1.82) is 0 Å². The topological polar surface area (TPSA) is 58.2 Å². The molecule has 0 radical (unpaired) electrons. The van der Waals surface area contributed by atoms with Gasteiger partial charge in [0.05, 0.1) is 11.3 Å². The van der Waals surface area contributed by atoms with Crippen molar-refractivity contribution in [1.82, 2.24) is 5.32 Å². The Kier molecular flexibility index (Phi) is 5.43. The lowest BCUT2D eigenvalue weighted by molar-refractivity contribution is 0.0928. The van der Waals surface area contributed by atoms with Crippen molar-refractivity contribution in [3.05, 3.63) is 65.5 Å². The molecule has 1 aliphatic carbocycles. The highest BCUT2D eigenvalue weighted by Gasteiger charge is 2.19. The van der Waals surface area contributed by atoms with Gasteiger partial charge in [-0.2, -0.15) is 0 Å². The smallest absolute Gasteiger partial charge is 0.255 e. The first-order valence-electron chi connectivity index (χ1n) is 8.60. The second kappa shape index (κ2) is 7.92. The van der Waals surface area contributed by atoms with E-state index >= 15 is 0 Å². The van der Waals surface area contributed by atoms with Crippen LogP contribution in [0.2, 0.25) is 0 Å². The minimum atomic E-state index is -0.399. The number of carbonyl (C=O) groups is 2. The molecule has 0 spiro atoms. The lowest BCUT2D eigenvalue weighted by atomic mass is 9.95. The van der Waals surface area contributed by atoms with E-state index in [9.17, 15) is 14.0 Å². The van der Waals surface area contributed by atoms with Crippen molar-refractivity contribution in [2.24, 2.45) is 0 Å². The average molecular weight is 340 g/mol. The second-order valence-corrected chi connectivity index (χ2v) is 6.31. The third-order valence-corrected chi connectivity index (χ3v) is 4.47. The predicted molar refractivity (Wildman–Crippen MR) is 95.1 cm³/mol. The number of hydrogen-bond acceptors (Lipinski definition) is 2. The van der Waals surface area contributed by atoms with E-state index < -0.39 is 5.82 Å². The van der Waals surface area contributed by atoms with E-state index in [2.05, 4.69) is 10.6 Å². The maximum atomic E-state index is 13.0. The Bertz CT molecular complexity index is 753. The zero-order chi connectivity index (χ0) is 17.6. The van der Waals surface area contributed by atoms with Crippen LogP contribution in [0.15, 0.2) is 48.5 Å². The molecule has 3 rings (SSSR count). The molecule has 0 saturated heterocycles. The summed E-state index contributed by atoms with van der Waals surface area (Å²) in [5.74, 6) is -0.955. The fourth-order valence-corrected chi connectivity index (χ4v) is 3.10. The molecule has 1 fully saturated rings. The van der Waals surface area contributed by atoms with E-state index in [0.717, 1.165) is 25.7 Å². The Morgan fingerprint density at radius 3 is 2.28 bits per heavy atom. The minimum Gasteiger partial charge on any atom is -0.349 e. The van der Waals surface area contributed by atoms with Crippen molar-refractivity contribution in [2.75, 3.05) is 5.32 Å². The Labute approximate surface area is 146 Å². The molecule has 0 bridgehead atoms. The third-order valence-electron chi connectivity index (χ3n) is 4.47. The molecular weight excluding hydrogens is 319 g/mol. The van der Waals surface area contributed by atoms with E-state index in [4.69, 9.17) is 0 Å². The molecule has 5 heteroatoms. The second-order valence-electron chi connectivity index (χ2n) is 6.31. The molecule has 0 aromatic heterocycles. The number of anilines is 1. The normalized spacial score (nSPS) is 14.8. The Hall–Kier alpha value is -2.69. The number of halogens is 1. The number of para-hydroxylation sites is 1. The average Bonchev–Trinajstić information content (AvgIpc) is 2.63. The van der Waals surface area contributed by atoms with E-state index in [1.807, 2.05) is 0 Å². The molecule has 0 aliphatic heterocycles. The van der Waals surface area contributed by atoms with Crippen molar-refractivity contribution in [3.63, 3.8) is 0 Å². The number of carbonyl (C=O) groups excluding carboxylic acids is 2. The molecule has 2 aromatic carbocycles. The maximum Gasteiger partial charge on any atom is 0.255 e. The van der Waals surface area contributed by atoms with Crippen LogP contribution in [0.3, 0.4) is 0 Å². The highest BCUT2D eigenvalue weighted by atomic mass is 19.1. The van der Waals surface area contributed by atoms with E-state index in [1.54, 1.807) is 24.3 Å². The number of hydrogen-bond donors (Lipinski definition) is 2. The monoisotopic (exact) mass is 340 g/mol. The molecule has 2 N–H and O–H groups in total. The molecule has 25 heavy (non-hydrogen) atoms. The molecule has 130 valence electrons. The van der Waals surface area contributed by atoms with Crippen LogP contribution in [-0.4, -0.2) is 17.9 Å². The summed E-state index contributed by atoms with van der Waals surface area (Å²) in [6, 6.07) is 12.4. The Morgan fingerprint density at radius 1 is 0.880 bits per heavy atom. The van der Waals surface area contributed by atoms with Gasteiger partial charge in [0.25, 0.3) is 11.8 Å². The van der Waals surface area contributed by atoms with E-state index in [1.165, 1.54) is 30.7 Å². The van der Waals surface area contributed by atoms with Crippen LogP contribution < -0.4 is 10.6 Å². The molecule has 2 amide bonds. The van der Waals surface area contributed by atoms with Gasteiger partial charge in [-0.1, -0.05) is 31.4 Å². The molecule has 0 atom stereocenters. The Morgan fingerprint density at radius 2 is 1.56 bits per heavy atom. The number of amides is 2. The van der Waals surface area contributed by atoms with E-state index in [-0.39, 0.29) is 17.9 Å². The van der Waals surface area contributed by atoms with Gasteiger partial charge in [0.1, 0.15) is 5.82 Å². The molecular formula is C20H21FN2O2. The summed E-state index contributed by atoms with van der Waals surface area (Å²) < 4.78 is 13.0. The molecule has 4 nitrogen and oxygen atoms in total. The van der Waals surface area contributed by atoms with Crippen LogP contribution in [0.1, 0.15) is 52.8 Å². The lowest BCUT2D eigenvalue weighted by Crippen LogP contribution is -2.36. The van der Waals surface area contributed by atoms with Gasteiger partial charge in [-0.25, -0.2) is 4.39 Å².